The molecule has 0 aromatic rings. The maximum absolute atomic E-state index is 11.0. The highest BCUT2D eigenvalue weighted by Gasteiger charge is 2.42. The van der Waals surface area contributed by atoms with Gasteiger partial charge in [0.2, 0.25) is 0 Å². The first-order chi connectivity index (χ1) is 10.3. The van der Waals surface area contributed by atoms with Gasteiger partial charge in [0.15, 0.2) is 0 Å². The zero-order valence-corrected chi connectivity index (χ0v) is 14.4. The molecule has 0 unspecified atom stereocenters. The van der Waals surface area contributed by atoms with Crippen LogP contribution in [0, 0.1) is 23.7 Å². The fourth-order valence-corrected chi connectivity index (χ4v) is 4.32. The zero-order valence-electron chi connectivity index (χ0n) is 14.4. The van der Waals surface area contributed by atoms with E-state index in [0.717, 1.165) is 37.7 Å². The molecule has 6 atom stereocenters. The van der Waals surface area contributed by atoms with Gasteiger partial charge < -0.3 is 10.2 Å². The summed E-state index contributed by atoms with van der Waals surface area (Å²) in [6, 6.07) is 0. The van der Waals surface area contributed by atoms with E-state index in [4.69, 9.17) is 0 Å². The Balaban J connectivity index is 2.05. The van der Waals surface area contributed by atoms with Gasteiger partial charge in [0.1, 0.15) is 0 Å². The number of hydrogen-bond donors (Lipinski definition) is 2. The molecule has 0 bridgehead atoms. The second-order valence-corrected chi connectivity index (χ2v) is 7.58. The molecule has 1 saturated carbocycles. The van der Waals surface area contributed by atoms with E-state index in [0.29, 0.717) is 17.8 Å². The lowest BCUT2D eigenvalue weighted by molar-refractivity contribution is 0.0276. The quantitative estimate of drug-likeness (QED) is 0.745. The van der Waals surface area contributed by atoms with Crippen molar-refractivity contribution in [2.45, 2.75) is 65.1 Å². The third-order valence-corrected chi connectivity index (χ3v) is 5.98. The molecular formula is C20H32O2. The molecule has 2 rings (SSSR count). The zero-order chi connectivity index (χ0) is 16.4. The van der Waals surface area contributed by atoms with Crippen molar-refractivity contribution < 1.29 is 10.2 Å². The third-order valence-electron chi connectivity index (χ3n) is 5.98. The molecular weight excluding hydrogens is 272 g/mol. The average Bonchev–Trinajstić information content (AvgIpc) is 2.80. The van der Waals surface area contributed by atoms with Gasteiger partial charge in [0.25, 0.3) is 0 Å². The molecule has 0 spiro atoms. The van der Waals surface area contributed by atoms with E-state index in [-0.39, 0.29) is 12.0 Å². The van der Waals surface area contributed by atoms with Gasteiger partial charge in [-0.2, -0.15) is 0 Å². The lowest BCUT2D eigenvalue weighted by atomic mass is 9.76. The number of hydrogen-bond acceptors (Lipinski definition) is 2. The van der Waals surface area contributed by atoms with Crippen LogP contribution < -0.4 is 0 Å². The Bertz CT molecular complexity index is 462. The van der Waals surface area contributed by atoms with Crippen molar-refractivity contribution in [1.82, 2.24) is 0 Å². The number of aliphatic hydroxyl groups is 2. The Kier molecular flexibility index (Phi) is 5.68. The van der Waals surface area contributed by atoms with E-state index in [1.807, 2.05) is 6.92 Å². The third kappa shape index (κ3) is 3.55. The molecule has 0 radical (unpaired) electrons. The van der Waals surface area contributed by atoms with Crippen molar-refractivity contribution in [3.8, 4) is 0 Å². The highest BCUT2D eigenvalue weighted by molar-refractivity contribution is 5.24. The van der Waals surface area contributed by atoms with Gasteiger partial charge in [-0.3, -0.25) is 0 Å². The van der Waals surface area contributed by atoms with Crippen molar-refractivity contribution in [3.05, 3.63) is 36.0 Å². The van der Waals surface area contributed by atoms with Gasteiger partial charge in [0, 0.05) is 5.92 Å². The van der Waals surface area contributed by atoms with Crippen LogP contribution in [-0.2, 0) is 0 Å². The number of allylic oxidation sites excluding steroid dienone is 2. The summed E-state index contributed by atoms with van der Waals surface area (Å²) in [5.41, 5.74) is 3.48. The summed E-state index contributed by atoms with van der Waals surface area (Å²) >= 11 is 0. The molecule has 2 N–H and O–H groups in total. The van der Waals surface area contributed by atoms with Crippen LogP contribution in [-0.4, -0.2) is 22.4 Å². The van der Waals surface area contributed by atoms with Gasteiger partial charge in [-0.15, -0.1) is 0 Å². The first-order valence-corrected chi connectivity index (χ1v) is 8.68. The molecule has 2 heteroatoms. The van der Waals surface area contributed by atoms with Crippen LogP contribution >= 0.6 is 0 Å². The monoisotopic (exact) mass is 304 g/mol. The molecule has 0 amide bonds. The molecule has 2 aliphatic rings. The summed E-state index contributed by atoms with van der Waals surface area (Å²) in [6.07, 6.45) is 6.35. The fraction of sp³-hybridized carbons (Fsp3) is 0.700. The molecule has 0 heterocycles. The smallest absolute Gasteiger partial charge is 0.0744 e. The predicted molar refractivity (Wildman–Crippen MR) is 92.4 cm³/mol. The highest BCUT2D eigenvalue weighted by atomic mass is 16.3. The molecule has 124 valence electrons. The van der Waals surface area contributed by atoms with Crippen LogP contribution in [0.5, 0.6) is 0 Å². The Morgan fingerprint density at radius 3 is 2.73 bits per heavy atom. The van der Waals surface area contributed by atoms with Crippen molar-refractivity contribution in [2.24, 2.45) is 23.7 Å². The first-order valence-electron chi connectivity index (χ1n) is 8.68. The van der Waals surface area contributed by atoms with Gasteiger partial charge in [-0.25, -0.2) is 0 Å². The summed E-state index contributed by atoms with van der Waals surface area (Å²) in [6.45, 7) is 14.3. The van der Waals surface area contributed by atoms with E-state index in [9.17, 15) is 10.2 Å². The SMILES string of the molecule is C=C(C)[C@@H](O)CC[C@@H](C)[C@@H]1CCC(=C)[C@@H]2CC=C(C)[C@H]2[C@@H]1O. The molecule has 1 fully saturated rings. The van der Waals surface area contributed by atoms with Crippen LogP contribution in [0.1, 0.15) is 52.9 Å². The molecule has 0 saturated heterocycles. The summed E-state index contributed by atoms with van der Waals surface area (Å²) < 4.78 is 0. The Hall–Kier alpha value is -0.860. The molecule has 0 aromatic heterocycles. The number of aliphatic hydroxyl groups excluding tert-OH is 2. The minimum absolute atomic E-state index is 0.258. The van der Waals surface area contributed by atoms with Crippen molar-refractivity contribution in [2.75, 3.05) is 0 Å². The fourth-order valence-electron chi connectivity index (χ4n) is 4.32. The molecule has 0 aromatic carbocycles. The molecule has 2 aliphatic carbocycles. The Labute approximate surface area is 135 Å². The predicted octanol–water partition coefficient (Wildman–Crippen LogP) is 4.25. The number of rotatable bonds is 5. The Morgan fingerprint density at radius 2 is 2.09 bits per heavy atom. The highest BCUT2D eigenvalue weighted by Crippen LogP contribution is 2.47. The average molecular weight is 304 g/mol. The van der Waals surface area contributed by atoms with Gasteiger partial charge >= 0.3 is 0 Å². The maximum Gasteiger partial charge on any atom is 0.0744 e. The van der Waals surface area contributed by atoms with E-state index < -0.39 is 6.10 Å². The van der Waals surface area contributed by atoms with E-state index in [1.165, 1.54) is 11.1 Å². The van der Waals surface area contributed by atoms with Gasteiger partial charge in [-0.05, 0) is 63.7 Å². The maximum atomic E-state index is 11.0. The number of fused-ring (bicyclic) bond motifs is 1. The molecule has 22 heavy (non-hydrogen) atoms. The minimum Gasteiger partial charge on any atom is -0.392 e. The topological polar surface area (TPSA) is 40.5 Å². The standard InChI is InChI=1S/C20H32O2/c1-12(2)18(21)11-8-14(4)17-10-6-13(3)16-9-7-15(5)19(16)20(17)22/h7,14,16-22H,1,3,6,8-11H2,2,4-5H3/t14-,16+,17+,18+,19-,20-/m1/s1. The van der Waals surface area contributed by atoms with Crippen LogP contribution in [0.25, 0.3) is 0 Å². The normalized spacial score (nSPS) is 34.6. The molecule has 0 aliphatic heterocycles. The van der Waals surface area contributed by atoms with Crippen LogP contribution in [0.15, 0.2) is 36.0 Å². The lowest BCUT2D eigenvalue weighted by Crippen LogP contribution is -2.34. The van der Waals surface area contributed by atoms with Crippen molar-refractivity contribution >= 4 is 0 Å². The lowest BCUT2D eigenvalue weighted by Gasteiger charge is -2.33. The minimum atomic E-state index is -0.416. The second kappa shape index (κ2) is 7.14. The van der Waals surface area contributed by atoms with E-state index in [2.05, 4.69) is 33.1 Å². The van der Waals surface area contributed by atoms with Gasteiger partial charge in [-0.1, -0.05) is 42.9 Å². The summed E-state index contributed by atoms with van der Waals surface area (Å²) in [7, 11) is 0. The Morgan fingerprint density at radius 1 is 1.41 bits per heavy atom. The van der Waals surface area contributed by atoms with Crippen molar-refractivity contribution in [1.29, 1.82) is 0 Å². The summed E-state index contributed by atoms with van der Waals surface area (Å²) in [5.74, 6) is 1.40. The van der Waals surface area contributed by atoms with Gasteiger partial charge in [0.05, 0.1) is 12.2 Å². The van der Waals surface area contributed by atoms with Crippen LogP contribution in [0.2, 0.25) is 0 Å². The van der Waals surface area contributed by atoms with E-state index >= 15 is 0 Å². The molecule has 2 nitrogen and oxygen atoms in total. The summed E-state index contributed by atoms with van der Waals surface area (Å²) in [4.78, 5) is 0. The van der Waals surface area contributed by atoms with Crippen molar-refractivity contribution in [3.63, 3.8) is 0 Å². The van der Waals surface area contributed by atoms with Crippen LogP contribution in [0.3, 0.4) is 0 Å². The van der Waals surface area contributed by atoms with E-state index in [1.54, 1.807) is 0 Å². The first kappa shape index (κ1) is 17.5. The summed E-state index contributed by atoms with van der Waals surface area (Å²) in [5, 5.41) is 20.9. The largest absolute Gasteiger partial charge is 0.392 e. The second-order valence-electron chi connectivity index (χ2n) is 7.58. The van der Waals surface area contributed by atoms with Crippen LogP contribution in [0.4, 0.5) is 0 Å².